The van der Waals surface area contributed by atoms with Crippen LogP contribution in [0.3, 0.4) is 0 Å². The summed E-state index contributed by atoms with van der Waals surface area (Å²) in [4.78, 5) is 11.6. The zero-order chi connectivity index (χ0) is 16.5. The number of allylic oxidation sites excluding steroid dienone is 1. The van der Waals surface area contributed by atoms with Gasteiger partial charge in [-0.15, -0.1) is 0 Å². The van der Waals surface area contributed by atoms with Gasteiger partial charge >= 0.3 is 5.97 Å². The van der Waals surface area contributed by atoms with Crippen LogP contribution in [0.25, 0.3) is 0 Å². The van der Waals surface area contributed by atoms with E-state index in [9.17, 15) is 4.79 Å². The molecule has 2 unspecified atom stereocenters. The summed E-state index contributed by atoms with van der Waals surface area (Å²) in [6, 6.07) is 8.76. The van der Waals surface area contributed by atoms with Gasteiger partial charge in [0.15, 0.2) is 0 Å². The lowest BCUT2D eigenvalue weighted by molar-refractivity contribution is -0.147. The smallest absolute Gasteiger partial charge is 0.308 e. The Morgan fingerprint density at radius 1 is 1.23 bits per heavy atom. The van der Waals surface area contributed by atoms with Gasteiger partial charge in [0.2, 0.25) is 0 Å². The lowest BCUT2D eigenvalue weighted by Gasteiger charge is -2.12. The molecule has 0 aliphatic rings. The summed E-state index contributed by atoms with van der Waals surface area (Å²) < 4.78 is 5.30. The number of carbonyl (C=O) groups is 1. The van der Waals surface area contributed by atoms with Gasteiger partial charge in [0, 0.05) is 0 Å². The van der Waals surface area contributed by atoms with E-state index in [0.717, 1.165) is 24.8 Å². The Balaban J connectivity index is 2.35. The minimum atomic E-state index is -0.0942. The largest absolute Gasteiger partial charge is 0.461 e. The first-order valence-electron chi connectivity index (χ1n) is 8.32. The molecule has 0 spiro atoms. The van der Waals surface area contributed by atoms with Crippen LogP contribution >= 0.6 is 0 Å². The number of hydrogen-bond donors (Lipinski definition) is 0. The second kappa shape index (κ2) is 9.45. The molecular weight excluding hydrogens is 272 g/mol. The minimum Gasteiger partial charge on any atom is -0.461 e. The van der Waals surface area contributed by atoms with Crippen molar-refractivity contribution in [2.24, 2.45) is 5.92 Å². The zero-order valence-corrected chi connectivity index (χ0v) is 14.7. The fraction of sp³-hybridized carbons (Fsp3) is 0.550. The highest BCUT2D eigenvalue weighted by Crippen LogP contribution is 2.21. The summed E-state index contributed by atoms with van der Waals surface area (Å²) >= 11 is 0. The standard InChI is InChI=1S/C20H30O2/c1-6-17(4)20(21)22-14-16(3)8-7-9-18(5)19-12-10-15(2)11-13-19/h8,10-13,17-18H,6-7,9,14H2,1-5H3. The Kier molecular flexibility index (Phi) is 7.94. The molecule has 1 rings (SSSR count). The maximum atomic E-state index is 11.6. The monoisotopic (exact) mass is 302 g/mol. The number of aryl methyl sites for hydroxylation is 1. The van der Waals surface area contributed by atoms with E-state index in [4.69, 9.17) is 4.74 Å². The zero-order valence-electron chi connectivity index (χ0n) is 14.7. The molecule has 0 heterocycles. The van der Waals surface area contributed by atoms with Crippen LogP contribution in [0.15, 0.2) is 35.9 Å². The topological polar surface area (TPSA) is 26.3 Å². The first-order chi connectivity index (χ1) is 10.4. The third-order valence-electron chi connectivity index (χ3n) is 4.20. The maximum Gasteiger partial charge on any atom is 0.308 e. The van der Waals surface area contributed by atoms with Crippen molar-refractivity contribution in [3.63, 3.8) is 0 Å². The van der Waals surface area contributed by atoms with Gasteiger partial charge in [-0.1, -0.05) is 56.7 Å². The molecule has 0 aromatic heterocycles. The minimum absolute atomic E-state index is 0.00522. The molecule has 2 nitrogen and oxygen atoms in total. The van der Waals surface area contributed by atoms with Crippen LogP contribution in [-0.4, -0.2) is 12.6 Å². The molecule has 0 aliphatic heterocycles. The molecule has 0 aliphatic carbocycles. The van der Waals surface area contributed by atoms with Gasteiger partial charge in [0.1, 0.15) is 6.61 Å². The second-order valence-electron chi connectivity index (χ2n) is 6.36. The predicted octanol–water partition coefficient (Wildman–Crippen LogP) is 5.41. The van der Waals surface area contributed by atoms with Crippen LogP contribution in [0, 0.1) is 12.8 Å². The average molecular weight is 302 g/mol. The van der Waals surface area contributed by atoms with E-state index < -0.39 is 0 Å². The molecule has 22 heavy (non-hydrogen) atoms. The first kappa shape index (κ1) is 18.5. The molecule has 122 valence electrons. The molecule has 2 heteroatoms. The average Bonchev–Trinajstić information content (AvgIpc) is 2.52. The lowest BCUT2D eigenvalue weighted by Crippen LogP contribution is -2.15. The normalized spacial score (nSPS) is 14.5. The maximum absolute atomic E-state index is 11.6. The van der Waals surface area contributed by atoms with Crippen LogP contribution in [0.1, 0.15) is 64.0 Å². The van der Waals surface area contributed by atoms with Crippen molar-refractivity contribution in [1.29, 1.82) is 0 Å². The number of carbonyl (C=O) groups excluding carboxylic acids is 1. The molecule has 0 N–H and O–H groups in total. The number of rotatable bonds is 8. The van der Waals surface area contributed by atoms with Crippen molar-refractivity contribution in [2.75, 3.05) is 6.61 Å². The third kappa shape index (κ3) is 6.46. The molecule has 1 aromatic rings. The van der Waals surface area contributed by atoms with Crippen LogP contribution < -0.4 is 0 Å². The van der Waals surface area contributed by atoms with E-state index in [1.54, 1.807) is 0 Å². The van der Waals surface area contributed by atoms with Gasteiger partial charge in [0.05, 0.1) is 5.92 Å². The summed E-state index contributed by atoms with van der Waals surface area (Å²) in [6.07, 6.45) is 5.14. The van der Waals surface area contributed by atoms with Gasteiger partial charge in [0.25, 0.3) is 0 Å². The summed E-state index contributed by atoms with van der Waals surface area (Å²) in [5.41, 5.74) is 3.82. The lowest BCUT2D eigenvalue weighted by atomic mass is 9.95. The Morgan fingerprint density at radius 3 is 2.45 bits per heavy atom. The van der Waals surface area contributed by atoms with Gasteiger partial charge in [-0.25, -0.2) is 0 Å². The van der Waals surface area contributed by atoms with Crippen LogP contribution in [0.5, 0.6) is 0 Å². The number of ether oxygens (including phenoxy) is 1. The first-order valence-corrected chi connectivity index (χ1v) is 8.32. The van der Waals surface area contributed by atoms with Crippen molar-refractivity contribution in [1.82, 2.24) is 0 Å². The molecule has 0 saturated carbocycles. The van der Waals surface area contributed by atoms with E-state index >= 15 is 0 Å². The van der Waals surface area contributed by atoms with E-state index in [-0.39, 0.29) is 11.9 Å². The Labute approximate surface area is 135 Å². The van der Waals surface area contributed by atoms with Gasteiger partial charge in [-0.3, -0.25) is 4.79 Å². The molecular formula is C20H30O2. The highest BCUT2D eigenvalue weighted by atomic mass is 16.5. The van der Waals surface area contributed by atoms with Crippen molar-refractivity contribution in [2.45, 2.75) is 59.8 Å². The van der Waals surface area contributed by atoms with Crippen molar-refractivity contribution in [3.05, 3.63) is 47.0 Å². The second-order valence-corrected chi connectivity index (χ2v) is 6.36. The van der Waals surface area contributed by atoms with E-state index in [2.05, 4.69) is 44.2 Å². The molecule has 0 radical (unpaired) electrons. The number of hydrogen-bond acceptors (Lipinski definition) is 2. The van der Waals surface area contributed by atoms with E-state index in [1.165, 1.54) is 11.1 Å². The fourth-order valence-corrected chi connectivity index (χ4v) is 2.19. The van der Waals surface area contributed by atoms with Crippen molar-refractivity contribution < 1.29 is 9.53 Å². The summed E-state index contributed by atoms with van der Waals surface area (Å²) in [5, 5.41) is 0. The predicted molar refractivity (Wildman–Crippen MR) is 93.0 cm³/mol. The van der Waals surface area contributed by atoms with Crippen LogP contribution in [-0.2, 0) is 9.53 Å². The van der Waals surface area contributed by atoms with Gasteiger partial charge in [-0.05, 0) is 50.2 Å². The molecule has 0 fully saturated rings. The summed E-state index contributed by atoms with van der Waals surface area (Å²) in [7, 11) is 0. The molecule has 0 saturated heterocycles. The fourth-order valence-electron chi connectivity index (χ4n) is 2.19. The summed E-state index contributed by atoms with van der Waals surface area (Å²) in [6.45, 7) is 10.7. The van der Waals surface area contributed by atoms with Crippen LogP contribution in [0.4, 0.5) is 0 Å². The van der Waals surface area contributed by atoms with Crippen LogP contribution in [0.2, 0.25) is 0 Å². The highest BCUT2D eigenvalue weighted by molar-refractivity contribution is 5.72. The molecule has 1 aromatic carbocycles. The highest BCUT2D eigenvalue weighted by Gasteiger charge is 2.11. The number of benzene rings is 1. The summed E-state index contributed by atoms with van der Waals surface area (Å²) in [5.74, 6) is 0.449. The van der Waals surface area contributed by atoms with Gasteiger partial charge in [-0.2, -0.15) is 0 Å². The van der Waals surface area contributed by atoms with E-state index in [0.29, 0.717) is 12.5 Å². The Bertz CT molecular complexity index is 485. The Morgan fingerprint density at radius 2 is 1.86 bits per heavy atom. The van der Waals surface area contributed by atoms with Gasteiger partial charge < -0.3 is 4.74 Å². The van der Waals surface area contributed by atoms with E-state index in [1.807, 2.05) is 20.8 Å². The molecule has 0 amide bonds. The third-order valence-corrected chi connectivity index (χ3v) is 4.20. The Hall–Kier alpha value is -1.57. The molecule has 0 bridgehead atoms. The number of esters is 1. The van der Waals surface area contributed by atoms with Crippen molar-refractivity contribution in [3.8, 4) is 0 Å². The molecule has 2 atom stereocenters. The SMILES string of the molecule is CCC(C)C(=O)OCC(C)=CCCC(C)c1ccc(C)cc1. The quantitative estimate of drug-likeness (QED) is 0.474. The van der Waals surface area contributed by atoms with Crippen molar-refractivity contribution >= 4 is 5.97 Å².